The van der Waals surface area contributed by atoms with E-state index in [1.165, 1.54) is 6.20 Å². The zero-order valence-electron chi connectivity index (χ0n) is 12.2. The fourth-order valence-electron chi connectivity index (χ4n) is 3.13. The van der Waals surface area contributed by atoms with E-state index in [2.05, 4.69) is 10.4 Å². The second-order valence-electron chi connectivity index (χ2n) is 5.75. The first kappa shape index (κ1) is 14.6. The Kier molecular flexibility index (Phi) is 4.09. The van der Waals surface area contributed by atoms with Crippen molar-refractivity contribution in [2.45, 2.75) is 38.1 Å². The fraction of sp³-hybridized carbons (Fsp3) is 0.438. The largest absolute Gasteiger partial charge is 0.481 e. The van der Waals surface area contributed by atoms with Crippen LogP contribution in [0.25, 0.3) is 5.52 Å². The number of aliphatic carboxylic acids is 1. The maximum atomic E-state index is 12.5. The van der Waals surface area contributed by atoms with Crippen LogP contribution in [0.2, 0.25) is 0 Å². The molecule has 0 saturated heterocycles. The number of carboxylic acid groups (broad SMARTS) is 1. The molecule has 6 nitrogen and oxygen atoms in total. The Labute approximate surface area is 128 Å². The van der Waals surface area contributed by atoms with Crippen LogP contribution in [0.3, 0.4) is 0 Å². The molecule has 116 valence electrons. The summed E-state index contributed by atoms with van der Waals surface area (Å²) in [5.41, 5.74) is 1.20. The van der Waals surface area contributed by atoms with Gasteiger partial charge in [-0.1, -0.05) is 25.3 Å². The van der Waals surface area contributed by atoms with Crippen LogP contribution in [0.5, 0.6) is 0 Å². The van der Waals surface area contributed by atoms with E-state index in [1.54, 1.807) is 10.7 Å². The molecule has 0 unspecified atom stereocenters. The second-order valence-corrected chi connectivity index (χ2v) is 5.75. The average molecular weight is 301 g/mol. The molecule has 1 aliphatic rings. The molecule has 2 N–H and O–H groups in total. The van der Waals surface area contributed by atoms with Crippen LogP contribution < -0.4 is 5.32 Å². The summed E-state index contributed by atoms with van der Waals surface area (Å²) in [5, 5.41) is 16.4. The van der Waals surface area contributed by atoms with Crippen molar-refractivity contribution in [3.63, 3.8) is 0 Å². The number of carboxylic acids is 1. The number of fused-ring (bicyclic) bond motifs is 1. The molecule has 0 bridgehead atoms. The summed E-state index contributed by atoms with van der Waals surface area (Å²) in [4.78, 5) is 23.9. The van der Waals surface area contributed by atoms with Crippen molar-refractivity contribution in [3.8, 4) is 0 Å². The molecule has 1 saturated carbocycles. The highest BCUT2D eigenvalue weighted by Gasteiger charge is 2.31. The van der Waals surface area contributed by atoms with Crippen LogP contribution in [0, 0.1) is 5.92 Å². The van der Waals surface area contributed by atoms with Crippen LogP contribution >= 0.6 is 0 Å². The first-order chi connectivity index (χ1) is 10.7. The predicted octanol–water partition coefficient (Wildman–Crippen LogP) is 2.10. The van der Waals surface area contributed by atoms with Gasteiger partial charge in [-0.3, -0.25) is 9.59 Å². The molecule has 2 aromatic heterocycles. The summed E-state index contributed by atoms with van der Waals surface area (Å²) in [7, 11) is 0. The Hall–Kier alpha value is -2.37. The van der Waals surface area contributed by atoms with E-state index in [4.69, 9.17) is 0 Å². The predicted molar refractivity (Wildman–Crippen MR) is 80.7 cm³/mol. The fourth-order valence-corrected chi connectivity index (χ4v) is 3.13. The van der Waals surface area contributed by atoms with Gasteiger partial charge >= 0.3 is 5.97 Å². The summed E-state index contributed by atoms with van der Waals surface area (Å²) >= 11 is 0. The van der Waals surface area contributed by atoms with Gasteiger partial charge in [-0.25, -0.2) is 4.52 Å². The molecule has 2 aromatic rings. The van der Waals surface area contributed by atoms with Crippen molar-refractivity contribution in [2.75, 3.05) is 0 Å². The minimum Gasteiger partial charge on any atom is -0.481 e. The van der Waals surface area contributed by atoms with Gasteiger partial charge in [-0.05, 0) is 25.0 Å². The van der Waals surface area contributed by atoms with E-state index in [-0.39, 0.29) is 11.9 Å². The summed E-state index contributed by atoms with van der Waals surface area (Å²) in [6, 6.07) is 5.20. The SMILES string of the molecule is O=C(N[C@H]1CCCCC[C@H]1C(=O)O)c1cnn2ccccc12. The molecule has 0 aromatic carbocycles. The topological polar surface area (TPSA) is 83.7 Å². The van der Waals surface area contributed by atoms with E-state index >= 15 is 0 Å². The standard InChI is InChI=1S/C16H19N3O3/c20-15(12-10-17-19-9-5-4-8-14(12)19)18-13-7-3-1-2-6-11(13)16(21)22/h4-5,8-11,13H,1-3,6-7H2,(H,18,20)(H,21,22)/t11-,13+/m1/s1. The average Bonchev–Trinajstić information content (AvgIpc) is 2.80. The number of nitrogens with one attached hydrogen (secondary N) is 1. The molecule has 1 amide bonds. The normalized spacial score (nSPS) is 22.2. The third-order valence-electron chi connectivity index (χ3n) is 4.32. The van der Waals surface area contributed by atoms with Crippen LogP contribution in [-0.2, 0) is 4.79 Å². The van der Waals surface area contributed by atoms with E-state index < -0.39 is 11.9 Å². The Balaban J connectivity index is 1.81. The van der Waals surface area contributed by atoms with E-state index in [1.807, 2.05) is 18.2 Å². The van der Waals surface area contributed by atoms with Gasteiger partial charge in [0.25, 0.3) is 5.91 Å². The molecular weight excluding hydrogens is 282 g/mol. The highest BCUT2D eigenvalue weighted by molar-refractivity contribution is 6.00. The molecule has 1 aliphatic carbocycles. The number of carbonyl (C=O) groups is 2. The zero-order chi connectivity index (χ0) is 15.5. The van der Waals surface area contributed by atoms with Crippen molar-refractivity contribution in [1.29, 1.82) is 0 Å². The van der Waals surface area contributed by atoms with Gasteiger partial charge in [0.05, 0.1) is 23.2 Å². The number of carbonyl (C=O) groups excluding carboxylic acids is 1. The van der Waals surface area contributed by atoms with Crippen LogP contribution in [0.1, 0.15) is 42.5 Å². The van der Waals surface area contributed by atoms with E-state index in [0.717, 1.165) is 24.8 Å². The Morgan fingerprint density at radius 3 is 2.86 bits per heavy atom. The first-order valence-electron chi connectivity index (χ1n) is 7.63. The summed E-state index contributed by atoms with van der Waals surface area (Å²) < 4.78 is 1.64. The highest BCUT2D eigenvalue weighted by Crippen LogP contribution is 2.24. The lowest BCUT2D eigenvalue weighted by Crippen LogP contribution is -2.42. The van der Waals surface area contributed by atoms with Crippen LogP contribution in [0.4, 0.5) is 0 Å². The monoisotopic (exact) mass is 301 g/mol. The molecular formula is C16H19N3O3. The molecule has 1 fully saturated rings. The van der Waals surface area contributed by atoms with Gasteiger partial charge < -0.3 is 10.4 Å². The number of pyridine rings is 1. The van der Waals surface area contributed by atoms with Gasteiger partial charge in [0.2, 0.25) is 0 Å². The third kappa shape index (κ3) is 2.81. The Bertz CT molecular complexity index is 695. The van der Waals surface area contributed by atoms with Gasteiger partial charge in [0.1, 0.15) is 0 Å². The quantitative estimate of drug-likeness (QED) is 0.850. The third-order valence-corrected chi connectivity index (χ3v) is 4.32. The summed E-state index contributed by atoms with van der Waals surface area (Å²) in [5.74, 6) is -1.58. The van der Waals surface area contributed by atoms with Gasteiger partial charge in [0.15, 0.2) is 0 Å². The summed E-state index contributed by atoms with van der Waals surface area (Å²) in [6.07, 6.45) is 7.50. The van der Waals surface area contributed by atoms with Crippen molar-refractivity contribution in [3.05, 3.63) is 36.2 Å². The number of amides is 1. The van der Waals surface area contributed by atoms with Gasteiger partial charge in [-0.15, -0.1) is 0 Å². The minimum atomic E-state index is -0.827. The number of hydrogen-bond donors (Lipinski definition) is 2. The lowest BCUT2D eigenvalue weighted by Gasteiger charge is -2.22. The lowest BCUT2D eigenvalue weighted by atomic mass is 9.94. The molecule has 0 aliphatic heterocycles. The molecule has 0 spiro atoms. The number of hydrogen-bond acceptors (Lipinski definition) is 3. The minimum absolute atomic E-state index is 0.251. The van der Waals surface area contributed by atoms with Crippen molar-refractivity contribution in [2.24, 2.45) is 5.92 Å². The number of rotatable bonds is 3. The Morgan fingerprint density at radius 2 is 2.05 bits per heavy atom. The summed E-state index contributed by atoms with van der Waals surface area (Å²) in [6.45, 7) is 0. The van der Waals surface area contributed by atoms with Crippen LogP contribution in [-0.4, -0.2) is 32.6 Å². The molecule has 3 rings (SSSR count). The molecule has 2 heterocycles. The van der Waals surface area contributed by atoms with Gasteiger partial charge in [-0.2, -0.15) is 5.10 Å². The lowest BCUT2D eigenvalue weighted by molar-refractivity contribution is -0.142. The second kappa shape index (κ2) is 6.17. The maximum Gasteiger partial charge on any atom is 0.308 e. The highest BCUT2D eigenvalue weighted by atomic mass is 16.4. The van der Waals surface area contributed by atoms with Crippen molar-refractivity contribution < 1.29 is 14.7 Å². The molecule has 2 atom stereocenters. The number of aromatic nitrogens is 2. The van der Waals surface area contributed by atoms with Crippen molar-refractivity contribution in [1.82, 2.24) is 14.9 Å². The van der Waals surface area contributed by atoms with Crippen molar-refractivity contribution >= 4 is 17.4 Å². The molecule has 6 heteroatoms. The Morgan fingerprint density at radius 1 is 1.23 bits per heavy atom. The van der Waals surface area contributed by atoms with E-state index in [0.29, 0.717) is 18.4 Å². The van der Waals surface area contributed by atoms with Crippen LogP contribution in [0.15, 0.2) is 30.6 Å². The maximum absolute atomic E-state index is 12.5. The smallest absolute Gasteiger partial charge is 0.308 e. The first-order valence-corrected chi connectivity index (χ1v) is 7.63. The number of nitrogens with zero attached hydrogens (tertiary/aromatic N) is 2. The zero-order valence-corrected chi connectivity index (χ0v) is 12.2. The molecule has 0 radical (unpaired) electrons. The molecule has 22 heavy (non-hydrogen) atoms. The van der Waals surface area contributed by atoms with E-state index in [9.17, 15) is 14.7 Å². The van der Waals surface area contributed by atoms with Gasteiger partial charge in [0, 0.05) is 12.2 Å².